The molecule has 4 nitrogen and oxygen atoms in total. The van der Waals surface area contributed by atoms with Crippen LogP contribution in [0.3, 0.4) is 0 Å². The molecule has 1 aromatic carbocycles. The molecule has 0 bridgehead atoms. The maximum Gasteiger partial charge on any atom is 0.320 e. The van der Waals surface area contributed by atoms with Crippen LogP contribution in [0.4, 0.5) is 0 Å². The summed E-state index contributed by atoms with van der Waals surface area (Å²) in [6.07, 6.45) is 1.45. The summed E-state index contributed by atoms with van der Waals surface area (Å²) in [7, 11) is 0. The van der Waals surface area contributed by atoms with Crippen molar-refractivity contribution in [3.8, 4) is 0 Å². The number of ether oxygens (including phenoxy) is 1. The molecular formula is C14H19NO3. The van der Waals surface area contributed by atoms with Crippen LogP contribution in [0.2, 0.25) is 0 Å². The van der Waals surface area contributed by atoms with Gasteiger partial charge in [-0.25, -0.2) is 0 Å². The third kappa shape index (κ3) is 3.55. The fraction of sp³-hybridized carbons (Fsp3) is 0.500. The average Bonchev–Trinajstić information content (AvgIpc) is 2.41. The van der Waals surface area contributed by atoms with Gasteiger partial charge in [0.25, 0.3) is 0 Å². The number of benzene rings is 1. The minimum absolute atomic E-state index is 0.394. The van der Waals surface area contributed by atoms with Gasteiger partial charge in [-0.15, -0.1) is 0 Å². The summed E-state index contributed by atoms with van der Waals surface area (Å²) in [5.74, 6) is -0.729. The highest BCUT2D eigenvalue weighted by molar-refractivity contribution is 5.73. The Kier molecular flexibility index (Phi) is 4.73. The SMILES string of the molecule is O=C(O)[C@@H](CCc1ccccc1)N1CCOCC1. The van der Waals surface area contributed by atoms with Crippen molar-refractivity contribution in [1.82, 2.24) is 4.90 Å². The first-order valence-electron chi connectivity index (χ1n) is 6.36. The standard InChI is InChI=1S/C14H19NO3/c16-14(17)13(15-8-10-18-11-9-15)7-6-12-4-2-1-3-5-12/h1-5,13H,6-11H2,(H,16,17)/t13-/m1/s1. The zero-order valence-electron chi connectivity index (χ0n) is 10.4. The zero-order valence-corrected chi connectivity index (χ0v) is 10.4. The molecule has 2 rings (SSSR count). The molecule has 4 heteroatoms. The van der Waals surface area contributed by atoms with E-state index in [1.54, 1.807) is 0 Å². The Hall–Kier alpha value is -1.39. The summed E-state index contributed by atoms with van der Waals surface area (Å²) in [6, 6.07) is 9.63. The van der Waals surface area contributed by atoms with Crippen molar-refractivity contribution in [2.75, 3.05) is 26.3 Å². The van der Waals surface area contributed by atoms with Gasteiger partial charge in [-0.05, 0) is 18.4 Å². The van der Waals surface area contributed by atoms with Gasteiger partial charge in [0.05, 0.1) is 13.2 Å². The van der Waals surface area contributed by atoms with Crippen LogP contribution in [-0.2, 0) is 16.0 Å². The van der Waals surface area contributed by atoms with Crippen molar-refractivity contribution in [3.05, 3.63) is 35.9 Å². The molecular weight excluding hydrogens is 230 g/mol. The van der Waals surface area contributed by atoms with Gasteiger partial charge in [-0.1, -0.05) is 30.3 Å². The monoisotopic (exact) mass is 249 g/mol. The lowest BCUT2D eigenvalue weighted by atomic mass is 10.0. The molecule has 98 valence electrons. The van der Waals surface area contributed by atoms with Gasteiger partial charge in [-0.2, -0.15) is 0 Å². The number of aryl methyl sites for hydroxylation is 1. The third-order valence-electron chi connectivity index (χ3n) is 3.32. The molecule has 1 atom stereocenters. The van der Waals surface area contributed by atoms with Crippen LogP contribution >= 0.6 is 0 Å². The Morgan fingerprint density at radius 2 is 1.94 bits per heavy atom. The van der Waals surface area contributed by atoms with Crippen molar-refractivity contribution in [1.29, 1.82) is 0 Å². The lowest BCUT2D eigenvalue weighted by Crippen LogP contribution is -2.47. The van der Waals surface area contributed by atoms with E-state index in [4.69, 9.17) is 4.74 Å². The van der Waals surface area contributed by atoms with Crippen LogP contribution in [0.5, 0.6) is 0 Å². The normalized spacial score (nSPS) is 18.4. The molecule has 0 aromatic heterocycles. The molecule has 1 fully saturated rings. The van der Waals surface area contributed by atoms with E-state index in [0.29, 0.717) is 32.7 Å². The number of rotatable bonds is 5. The van der Waals surface area contributed by atoms with E-state index in [1.165, 1.54) is 5.56 Å². The topological polar surface area (TPSA) is 49.8 Å². The van der Waals surface area contributed by atoms with Crippen molar-refractivity contribution < 1.29 is 14.6 Å². The summed E-state index contributed by atoms with van der Waals surface area (Å²) in [5.41, 5.74) is 1.19. The number of hydrogen-bond donors (Lipinski definition) is 1. The van der Waals surface area contributed by atoms with E-state index in [-0.39, 0.29) is 0 Å². The van der Waals surface area contributed by atoms with E-state index in [1.807, 2.05) is 35.2 Å². The fourth-order valence-electron chi connectivity index (χ4n) is 2.30. The summed E-state index contributed by atoms with van der Waals surface area (Å²) >= 11 is 0. The van der Waals surface area contributed by atoms with E-state index >= 15 is 0 Å². The van der Waals surface area contributed by atoms with Gasteiger partial charge in [0.2, 0.25) is 0 Å². The maximum absolute atomic E-state index is 11.3. The highest BCUT2D eigenvalue weighted by Gasteiger charge is 2.26. The molecule has 18 heavy (non-hydrogen) atoms. The molecule has 1 saturated heterocycles. The number of nitrogens with zero attached hydrogens (tertiary/aromatic N) is 1. The van der Waals surface area contributed by atoms with Crippen molar-refractivity contribution >= 4 is 5.97 Å². The predicted octanol–water partition coefficient (Wildman–Crippen LogP) is 1.40. The maximum atomic E-state index is 11.3. The van der Waals surface area contributed by atoms with Crippen molar-refractivity contribution in [2.24, 2.45) is 0 Å². The van der Waals surface area contributed by atoms with Gasteiger partial charge in [0.15, 0.2) is 0 Å². The Labute approximate surface area is 107 Å². The average molecular weight is 249 g/mol. The molecule has 1 aromatic rings. The largest absolute Gasteiger partial charge is 0.480 e. The summed E-state index contributed by atoms with van der Waals surface area (Å²) in [5, 5.41) is 9.32. The van der Waals surface area contributed by atoms with E-state index in [2.05, 4.69) is 0 Å². The smallest absolute Gasteiger partial charge is 0.320 e. The molecule has 0 unspecified atom stereocenters. The Morgan fingerprint density at radius 1 is 1.28 bits per heavy atom. The second kappa shape index (κ2) is 6.52. The highest BCUT2D eigenvalue weighted by atomic mass is 16.5. The van der Waals surface area contributed by atoms with Gasteiger partial charge in [0, 0.05) is 13.1 Å². The molecule has 1 aliphatic heterocycles. The van der Waals surface area contributed by atoms with Crippen LogP contribution in [0, 0.1) is 0 Å². The Balaban J connectivity index is 1.92. The number of carboxylic acid groups (broad SMARTS) is 1. The van der Waals surface area contributed by atoms with Gasteiger partial charge < -0.3 is 9.84 Å². The van der Waals surface area contributed by atoms with Crippen LogP contribution < -0.4 is 0 Å². The first kappa shape index (κ1) is 13.1. The minimum atomic E-state index is -0.729. The lowest BCUT2D eigenvalue weighted by Gasteiger charge is -2.31. The number of carbonyl (C=O) groups is 1. The Bertz CT molecular complexity index is 374. The summed E-state index contributed by atoms with van der Waals surface area (Å²) in [6.45, 7) is 2.70. The van der Waals surface area contributed by atoms with Gasteiger partial charge >= 0.3 is 5.97 Å². The number of aliphatic carboxylic acids is 1. The van der Waals surface area contributed by atoms with Crippen LogP contribution in [0.15, 0.2) is 30.3 Å². The Morgan fingerprint density at radius 3 is 2.56 bits per heavy atom. The molecule has 1 N–H and O–H groups in total. The van der Waals surface area contributed by atoms with Crippen LogP contribution in [-0.4, -0.2) is 48.3 Å². The van der Waals surface area contributed by atoms with Crippen LogP contribution in [0.1, 0.15) is 12.0 Å². The zero-order chi connectivity index (χ0) is 12.8. The molecule has 0 saturated carbocycles. The first-order valence-corrected chi connectivity index (χ1v) is 6.36. The molecule has 0 amide bonds. The first-order chi connectivity index (χ1) is 8.77. The van der Waals surface area contributed by atoms with E-state index < -0.39 is 12.0 Å². The predicted molar refractivity (Wildman–Crippen MR) is 68.6 cm³/mol. The highest BCUT2D eigenvalue weighted by Crippen LogP contribution is 2.12. The minimum Gasteiger partial charge on any atom is -0.480 e. The second-order valence-corrected chi connectivity index (χ2v) is 4.53. The summed E-state index contributed by atoms with van der Waals surface area (Å²) < 4.78 is 5.26. The molecule has 0 radical (unpaired) electrons. The fourth-order valence-corrected chi connectivity index (χ4v) is 2.30. The second-order valence-electron chi connectivity index (χ2n) is 4.53. The van der Waals surface area contributed by atoms with E-state index in [9.17, 15) is 9.90 Å². The van der Waals surface area contributed by atoms with E-state index in [0.717, 1.165) is 6.42 Å². The van der Waals surface area contributed by atoms with Crippen molar-refractivity contribution in [3.63, 3.8) is 0 Å². The number of hydrogen-bond acceptors (Lipinski definition) is 3. The van der Waals surface area contributed by atoms with Crippen LogP contribution in [0.25, 0.3) is 0 Å². The molecule has 0 aliphatic carbocycles. The molecule has 0 spiro atoms. The quantitative estimate of drug-likeness (QED) is 0.857. The third-order valence-corrected chi connectivity index (χ3v) is 3.32. The number of carboxylic acids is 1. The van der Waals surface area contributed by atoms with Crippen molar-refractivity contribution in [2.45, 2.75) is 18.9 Å². The lowest BCUT2D eigenvalue weighted by molar-refractivity contribution is -0.145. The van der Waals surface area contributed by atoms with Gasteiger partial charge in [0.1, 0.15) is 6.04 Å². The molecule has 1 aliphatic rings. The number of morpholine rings is 1. The molecule has 1 heterocycles. The summed E-state index contributed by atoms with van der Waals surface area (Å²) in [4.78, 5) is 13.3. The van der Waals surface area contributed by atoms with Gasteiger partial charge in [-0.3, -0.25) is 9.69 Å².